The monoisotopic (exact) mass is 414 g/mol. The lowest BCUT2D eigenvalue weighted by molar-refractivity contribution is 0.0526. The van der Waals surface area contributed by atoms with Crippen LogP contribution in [0, 0.1) is 6.92 Å². The number of hydrogen-bond acceptors (Lipinski definition) is 5. The van der Waals surface area contributed by atoms with Gasteiger partial charge in [0.05, 0.1) is 22.4 Å². The van der Waals surface area contributed by atoms with Crippen LogP contribution in [0.1, 0.15) is 33.2 Å². The Balaban J connectivity index is 2.07. The van der Waals surface area contributed by atoms with E-state index in [1.807, 2.05) is 42.0 Å². The molecule has 0 saturated heterocycles. The van der Waals surface area contributed by atoms with Crippen LogP contribution in [0.15, 0.2) is 47.5 Å². The van der Waals surface area contributed by atoms with Gasteiger partial charge >= 0.3 is 5.97 Å². The van der Waals surface area contributed by atoms with E-state index in [1.165, 1.54) is 11.3 Å². The van der Waals surface area contributed by atoms with E-state index in [-0.39, 0.29) is 11.9 Å². The molecule has 0 aliphatic heterocycles. The molecule has 0 spiro atoms. The fourth-order valence-corrected chi connectivity index (χ4v) is 4.21. The van der Waals surface area contributed by atoms with Crippen molar-refractivity contribution in [2.24, 2.45) is 4.99 Å². The highest BCUT2D eigenvalue weighted by Crippen LogP contribution is 2.20. The highest BCUT2D eigenvalue weighted by Gasteiger charge is 2.13. The highest BCUT2D eigenvalue weighted by atomic mass is 32.2. The quantitative estimate of drug-likeness (QED) is 0.565. The van der Waals surface area contributed by atoms with E-state index in [1.54, 1.807) is 36.9 Å². The standard InChI is InChI=1S/C21H22N2O3S2/c1-4-26-20(25)16-9-10-17-18(13-16)28-21(23(17)11-12-27-3)22-19(24)15-7-5-14(2)6-8-15/h5-10,13H,4,11-12H2,1-3H3. The van der Waals surface area contributed by atoms with Gasteiger partial charge in [-0.1, -0.05) is 29.0 Å². The molecule has 5 nitrogen and oxygen atoms in total. The molecule has 0 atom stereocenters. The largest absolute Gasteiger partial charge is 0.462 e. The van der Waals surface area contributed by atoms with Crippen molar-refractivity contribution in [1.29, 1.82) is 0 Å². The number of rotatable bonds is 6. The first-order valence-corrected chi connectivity index (χ1v) is 11.2. The molecule has 146 valence electrons. The van der Waals surface area contributed by atoms with E-state index in [9.17, 15) is 9.59 Å². The van der Waals surface area contributed by atoms with Crippen LogP contribution in [0.4, 0.5) is 0 Å². The van der Waals surface area contributed by atoms with Crippen molar-refractivity contribution in [2.45, 2.75) is 20.4 Å². The predicted octanol–water partition coefficient (Wildman–Crippen LogP) is 4.29. The van der Waals surface area contributed by atoms with Gasteiger partial charge in [-0.05, 0) is 50.4 Å². The van der Waals surface area contributed by atoms with E-state index in [2.05, 4.69) is 4.99 Å². The minimum Gasteiger partial charge on any atom is -0.462 e. The first-order chi connectivity index (χ1) is 13.5. The molecule has 3 rings (SSSR count). The third-order valence-corrected chi connectivity index (χ3v) is 5.84. The number of carbonyl (C=O) groups excluding carboxylic acids is 2. The van der Waals surface area contributed by atoms with Gasteiger partial charge in [-0.15, -0.1) is 0 Å². The van der Waals surface area contributed by atoms with Gasteiger partial charge in [-0.2, -0.15) is 16.8 Å². The zero-order valence-electron chi connectivity index (χ0n) is 16.1. The maximum atomic E-state index is 12.6. The molecular formula is C21H22N2O3S2. The van der Waals surface area contributed by atoms with Gasteiger partial charge in [0.2, 0.25) is 0 Å². The number of aryl methyl sites for hydroxylation is 2. The molecule has 0 aliphatic carbocycles. The maximum absolute atomic E-state index is 12.6. The molecule has 7 heteroatoms. The number of aromatic nitrogens is 1. The Bertz CT molecular complexity index is 1070. The van der Waals surface area contributed by atoms with E-state index < -0.39 is 0 Å². The Morgan fingerprint density at radius 2 is 1.86 bits per heavy atom. The Kier molecular flexibility index (Phi) is 6.70. The molecule has 0 N–H and O–H groups in total. The first kappa shape index (κ1) is 20.4. The second kappa shape index (κ2) is 9.21. The summed E-state index contributed by atoms with van der Waals surface area (Å²) in [4.78, 5) is 29.7. The Morgan fingerprint density at radius 1 is 1.14 bits per heavy atom. The van der Waals surface area contributed by atoms with Crippen LogP contribution in [-0.2, 0) is 11.3 Å². The fraction of sp³-hybridized carbons (Fsp3) is 0.286. The van der Waals surface area contributed by atoms with E-state index in [4.69, 9.17) is 4.74 Å². The normalized spacial score (nSPS) is 11.8. The second-order valence-electron chi connectivity index (χ2n) is 6.22. The van der Waals surface area contributed by atoms with Crippen molar-refractivity contribution in [3.63, 3.8) is 0 Å². The average Bonchev–Trinajstić information content (AvgIpc) is 3.03. The predicted molar refractivity (Wildman–Crippen MR) is 115 cm³/mol. The molecule has 0 radical (unpaired) electrons. The summed E-state index contributed by atoms with van der Waals surface area (Å²) in [7, 11) is 0. The lowest BCUT2D eigenvalue weighted by Crippen LogP contribution is -2.18. The Hall–Kier alpha value is -2.38. The smallest absolute Gasteiger partial charge is 0.338 e. The van der Waals surface area contributed by atoms with Crippen LogP contribution in [0.3, 0.4) is 0 Å². The molecule has 0 aliphatic rings. The van der Waals surface area contributed by atoms with Crippen LogP contribution in [-0.4, -0.2) is 35.1 Å². The van der Waals surface area contributed by atoms with Crippen LogP contribution >= 0.6 is 23.1 Å². The minimum absolute atomic E-state index is 0.268. The lowest BCUT2D eigenvalue weighted by Gasteiger charge is -2.05. The number of amides is 1. The van der Waals surface area contributed by atoms with Crippen molar-refractivity contribution in [3.8, 4) is 0 Å². The molecule has 0 fully saturated rings. The molecule has 28 heavy (non-hydrogen) atoms. The summed E-state index contributed by atoms with van der Waals surface area (Å²) in [6, 6.07) is 12.9. The summed E-state index contributed by atoms with van der Waals surface area (Å²) in [5.74, 6) is 0.287. The van der Waals surface area contributed by atoms with Gasteiger partial charge in [-0.25, -0.2) is 4.79 Å². The second-order valence-corrected chi connectivity index (χ2v) is 8.21. The number of esters is 1. The highest BCUT2D eigenvalue weighted by molar-refractivity contribution is 7.98. The topological polar surface area (TPSA) is 60.7 Å². The Morgan fingerprint density at radius 3 is 2.54 bits per heavy atom. The molecule has 0 unspecified atom stereocenters. The SMILES string of the molecule is CCOC(=O)c1ccc2c(c1)sc(=NC(=O)c1ccc(C)cc1)n2CCSC. The van der Waals surface area contributed by atoms with Gasteiger partial charge in [0.1, 0.15) is 0 Å². The summed E-state index contributed by atoms with van der Waals surface area (Å²) < 4.78 is 8.03. The number of nitrogens with zero attached hydrogens (tertiary/aromatic N) is 2. The summed E-state index contributed by atoms with van der Waals surface area (Å²) in [6.07, 6.45) is 2.04. The summed E-state index contributed by atoms with van der Waals surface area (Å²) in [6.45, 7) is 4.83. The first-order valence-electron chi connectivity index (χ1n) is 8.98. The molecule has 1 amide bonds. The summed E-state index contributed by atoms with van der Waals surface area (Å²) >= 11 is 3.14. The zero-order chi connectivity index (χ0) is 20.1. The third kappa shape index (κ3) is 4.54. The molecule has 1 heterocycles. The van der Waals surface area contributed by atoms with Crippen molar-refractivity contribution < 1.29 is 14.3 Å². The molecule has 2 aromatic carbocycles. The number of thioether (sulfide) groups is 1. The third-order valence-electron chi connectivity index (χ3n) is 4.21. The minimum atomic E-state index is -0.345. The molecule has 0 bridgehead atoms. The number of hydrogen-bond donors (Lipinski definition) is 0. The van der Waals surface area contributed by atoms with Crippen LogP contribution < -0.4 is 4.80 Å². The lowest BCUT2D eigenvalue weighted by atomic mass is 10.1. The number of fused-ring (bicyclic) bond motifs is 1. The van der Waals surface area contributed by atoms with Crippen LogP contribution in [0.5, 0.6) is 0 Å². The number of carbonyl (C=O) groups is 2. The van der Waals surface area contributed by atoms with Crippen molar-refractivity contribution in [3.05, 3.63) is 64.0 Å². The van der Waals surface area contributed by atoms with Crippen LogP contribution in [0.25, 0.3) is 10.2 Å². The number of ether oxygens (including phenoxy) is 1. The van der Waals surface area contributed by atoms with Gasteiger partial charge in [0.25, 0.3) is 5.91 Å². The summed E-state index contributed by atoms with van der Waals surface area (Å²) in [5.41, 5.74) is 3.12. The zero-order valence-corrected chi connectivity index (χ0v) is 17.7. The van der Waals surface area contributed by atoms with Crippen molar-refractivity contribution in [1.82, 2.24) is 4.57 Å². The van der Waals surface area contributed by atoms with Gasteiger partial charge in [0, 0.05) is 17.9 Å². The number of benzene rings is 2. The van der Waals surface area contributed by atoms with Gasteiger partial charge in [-0.3, -0.25) is 4.79 Å². The maximum Gasteiger partial charge on any atom is 0.338 e. The van der Waals surface area contributed by atoms with Gasteiger partial charge < -0.3 is 9.30 Å². The van der Waals surface area contributed by atoms with Crippen LogP contribution in [0.2, 0.25) is 0 Å². The van der Waals surface area contributed by atoms with Gasteiger partial charge in [0.15, 0.2) is 4.80 Å². The van der Waals surface area contributed by atoms with E-state index >= 15 is 0 Å². The van der Waals surface area contributed by atoms with E-state index in [0.717, 1.165) is 28.1 Å². The molecule has 0 saturated carbocycles. The van der Waals surface area contributed by atoms with Crippen molar-refractivity contribution in [2.75, 3.05) is 18.6 Å². The summed E-state index contributed by atoms with van der Waals surface area (Å²) in [5, 5.41) is 0. The Labute approximate surface area is 172 Å². The molecule has 3 aromatic rings. The molecular weight excluding hydrogens is 392 g/mol. The fourth-order valence-electron chi connectivity index (χ4n) is 2.75. The van der Waals surface area contributed by atoms with Crippen molar-refractivity contribution >= 4 is 45.2 Å². The molecule has 1 aromatic heterocycles. The average molecular weight is 415 g/mol. The number of thiazole rings is 1. The van der Waals surface area contributed by atoms with E-state index in [0.29, 0.717) is 22.5 Å².